The summed E-state index contributed by atoms with van der Waals surface area (Å²) < 4.78 is 0. The van der Waals surface area contributed by atoms with E-state index in [0.29, 0.717) is 36.9 Å². The summed E-state index contributed by atoms with van der Waals surface area (Å²) in [6, 6.07) is 5.58. The van der Waals surface area contributed by atoms with Gasteiger partial charge in [0.2, 0.25) is 5.91 Å². The van der Waals surface area contributed by atoms with Gasteiger partial charge in [-0.25, -0.2) is 0 Å². The quantitative estimate of drug-likeness (QED) is 0.386. The number of hydrogen-bond acceptors (Lipinski definition) is 8. The standard InChI is InChI=1S/C30H41N7OS/c1-19(2)28-16-23(21(4)34-36-28)13-22-14-25-7-8-26(15-22)37(25)12-11-27(29-9-5-20(3)39-29)33-30(38)10-6-24-17-31-18-32-35-24/h5-6,9,13,18-19,22,25-27H,7-8,10-12,14-17H2,1-4H3,(H,33,38)/b23-13-,24-6-/t22?,25?,26?,27-/m0/s1. The van der Waals surface area contributed by atoms with Crippen LogP contribution in [0.4, 0.5) is 0 Å². The zero-order chi connectivity index (χ0) is 27.4. The monoisotopic (exact) mass is 547 g/mol. The topological polar surface area (TPSA) is 94.1 Å². The van der Waals surface area contributed by atoms with Gasteiger partial charge in [-0.3, -0.25) is 14.7 Å². The van der Waals surface area contributed by atoms with Gasteiger partial charge in [0.1, 0.15) is 6.34 Å². The van der Waals surface area contributed by atoms with Gasteiger partial charge in [0.05, 0.1) is 24.0 Å². The lowest BCUT2D eigenvalue weighted by Crippen LogP contribution is -2.44. The van der Waals surface area contributed by atoms with Crippen molar-refractivity contribution in [2.75, 3.05) is 13.1 Å². The summed E-state index contributed by atoms with van der Waals surface area (Å²) in [6.45, 7) is 10.1. The van der Waals surface area contributed by atoms with Gasteiger partial charge < -0.3 is 5.32 Å². The highest BCUT2D eigenvalue weighted by molar-refractivity contribution is 7.12. The molecule has 0 spiro atoms. The van der Waals surface area contributed by atoms with Crippen LogP contribution >= 0.6 is 11.3 Å². The molecule has 8 nitrogen and oxygen atoms in total. The third-order valence-corrected chi connectivity index (χ3v) is 9.51. The molecule has 39 heavy (non-hydrogen) atoms. The summed E-state index contributed by atoms with van der Waals surface area (Å²) in [5, 5.41) is 20.1. The lowest BCUT2D eigenvalue weighted by Gasteiger charge is -2.39. The van der Waals surface area contributed by atoms with Crippen LogP contribution in [0.3, 0.4) is 0 Å². The van der Waals surface area contributed by atoms with Gasteiger partial charge in [0, 0.05) is 46.9 Å². The van der Waals surface area contributed by atoms with Crippen LogP contribution in [-0.4, -0.2) is 53.7 Å². The molecule has 1 aromatic heterocycles. The maximum absolute atomic E-state index is 12.9. The highest BCUT2D eigenvalue weighted by atomic mass is 32.1. The number of fused-ring (bicyclic) bond motifs is 2. The minimum Gasteiger partial charge on any atom is -0.348 e. The van der Waals surface area contributed by atoms with E-state index in [4.69, 9.17) is 0 Å². The fraction of sp³-hybridized carbons (Fsp3) is 0.600. The van der Waals surface area contributed by atoms with Crippen LogP contribution in [0.25, 0.3) is 0 Å². The molecule has 2 bridgehead atoms. The summed E-state index contributed by atoms with van der Waals surface area (Å²) in [5.74, 6) is 1.06. The maximum Gasteiger partial charge on any atom is 0.224 e. The molecule has 5 rings (SSSR count). The zero-order valence-corrected chi connectivity index (χ0v) is 24.5. The molecule has 2 fully saturated rings. The Bertz CT molecular complexity index is 1220. The van der Waals surface area contributed by atoms with E-state index in [-0.39, 0.29) is 11.9 Å². The lowest BCUT2D eigenvalue weighted by molar-refractivity contribution is -0.121. The summed E-state index contributed by atoms with van der Waals surface area (Å²) in [7, 11) is 0. The number of aliphatic imine (C=N–C) groups is 1. The average Bonchev–Trinajstić information content (AvgIpc) is 3.46. The number of rotatable bonds is 9. The number of thiophene rings is 1. The Balaban J connectivity index is 1.19. The Morgan fingerprint density at radius 2 is 1.97 bits per heavy atom. The van der Waals surface area contributed by atoms with Crippen molar-refractivity contribution in [1.29, 1.82) is 0 Å². The first-order valence-corrected chi connectivity index (χ1v) is 15.2. The van der Waals surface area contributed by atoms with Crippen LogP contribution in [0.1, 0.15) is 81.5 Å². The molecule has 0 saturated carbocycles. The van der Waals surface area contributed by atoms with Gasteiger partial charge in [-0.2, -0.15) is 15.3 Å². The van der Waals surface area contributed by atoms with E-state index in [1.54, 1.807) is 11.3 Å². The molecule has 0 radical (unpaired) electrons. The van der Waals surface area contributed by atoms with Crippen LogP contribution in [0.2, 0.25) is 0 Å². The van der Waals surface area contributed by atoms with Gasteiger partial charge in [0.15, 0.2) is 0 Å². The number of nitrogens with zero attached hydrogens (tertiary/aromatic N) is 6. The van der Waals surface area contributed by atoms with Crippen LogP contribution in [0.5, 0.6) is 0 Å². The van der Waals surface area contributed by atoms with Crippen molar-refractivity contribution in [1.82, 2.24) is 10.2 Å². The Labute approximate surface area is 236 Å². The molecule has 4 aliphatic heterocycles. The van der Waals surface area contributed by atoms with E-state index in [1.807, 2.05) is 6.08 Å². The van der Waals surface area contributed by atoms with Gasteiger partial charge >= 0.3 is 0 Å². The van der Waals surface area contributed by atoms with E-state index in [0.717, 1.165) is 30.8 Å². The van der Waals surface area contributed by atoms with Crippen molar-refractivity contribution >= 4 is 35.0 Å². The highest BCUT2D eigenvalue weighted by Gasteiger charge is 2.40. The number of carbonyl (C=O) groups is 1. The van der Waals surface area contributed by atoms with Gasteiger partial charge in [-0.1, -0.05) is 19.9 Å². The van der Waals surface area contributed by atoms with E-state index in [9.17, 15) is 4.79 Å². The molecule has 1 amide bonds. The highest BCUT2D eigenvalue weighted by Crippen LogP contribution is 2.40. The molecule has 0 aromatic carbocycles. The van der Waals surface area contributed by atoms with Gasteiger partial charge in [-0.05, 0) is 81.6 Å². The molecular weight excluding hydrogens is 506 g/mol. The van der Waals surface area contributed by atoms with Crippen molar-refractivity contribution in [2.24, 2.45) is 37.3 Å². The van der Waals surface area contributed by atoms with E-state index < -0.39 is 0 Å². The van der Waals surface area contributed by atoms with Gasteiger partial charge in [-0.15, -0.1) is 16.5 Å². The maximum atomic E-state index is 12.9. The first-order chi connectivity index (χ1) is 18.9. The van der Waals surface area contributed by atoms with Crippen molar-refractivity contribution in [3.05, 3.63) is 45.3 Å². The molecule has 208 valence electrons. The smallest absolute Gasteiger partial charge is 0.224 e. The Morgan fingerprint density at radius 1 is 1.18 bits per heavy atom. The number of hydrogen-bond donors (Lipinski definition) is 1. The molecule has 3 atom stereocenters. The molecule has 5 heterocycles. The molecule has 4 aliphatic rings. The second-order valence-electron chi connectivity index (χ2n) is 11.6. The number of allylic oxidation sites excluding steroid dienone is 2. The van der Waals surface area contributed by atoms with Crippen molar-refractivity contribution in [3.8, 4) is 0 Å². The third kappa shape index (κ3) is 7.06. The predicted octanol–water partition coefficient (Wildman–Crippen LogP) is 6.42. The largest absolute Gasteiger partial charge is 0.348 e. The van der Waals surface area contributed by atoms with Crippen LogP contribution in [0.15, 0.2) is 61.0 Å². The zero-order valence-electron chi connectivity index (χ0n) is 23.6. The summed E-state index contributed by atoms with van der Waals surface area (Å²) >= 11 is 1.78. The Hall–Kier alpha value is -2.78. The number of piperidine rings is 1. The summed E-state index contributed by atoms with van der Waals surface area (Å²) in [4.78, 5) is 22.2. The number of nitrogens with one attached hydrogen (secondary N) is 1. The van der Waals surface area contributed by atoms with Crippen LogP contribution < -0.4 is 5.32 Å². The molecule has 1 aromatic rings. The number of azo groups is 1. The SMILES string of the molecule is CC1=NN=C(C(C)C)C/C1=C/C1CC2CCC(C1)N2CC[C@H](NC(=O)C/C=C1/CN=CN=N1)c1ccc(C)s1. The van der Waals surface area contributed by atoms with E-state index >= 15 is 0 Å². The van der Waals surface area contributed by atoms with E-state index in [2.05, 4.69) is 81.5 Å². The molecule has 9 heteroatoms. The number of amides is 1. The van der Waals surface area contributed by atoms with Crippen LogP contribution in [-0.2, 0) is 4.79 Å². The van der Waals surface area contributed by atoms with Crippen molar-refractivity contribution < 1.29 is 4.79 Å². The van der Waals surface area contributed by atoms with Crippen molar-refractivity contribution in [3.63, 3.8) is 0 Å². The first-order valence-electron chi connectivity index (χ1n) is 14.4. The molecule has 1 N–H and O–H groups in total. The van der Waals surface area contributed by atoms with Crippen molar-refractivity contribution in [2.45, 2.75) is 90.8 Å². The number of aryl methyl sites for hydroxylation is 1. The summed E-state index contributed by atoms with van der Waals surface area (Å²) in [6.07, 6.45) is 12.9. The molecule has 2 unspecified atom stereocenters. The lowest BCUT2D eigenvalue weighted by atomic mass is 9.86. The summed E-state index contributed by atoms with van der Waals surface area (Å²) in [5.41, 5.74) is 4.39. The molecule has 0 aliphatic carbocycles. The fourth-order valence-electron chi connectivity index (χ4n) is 6.24. The fourth-order valence-corrected chi connectivity index (χ4v) is 7.20. The van der Waals surface area contributed by atoms with Gasteiger partial charge in [0.25, 0.3) is 0 Å². The second-order valence-corrected chi connectivity index (χ2v) is 12.9. The molecular formula is C30H41N7OS. The van der Waals surface area contributed by atoms with Crippen LogP contribution in [0, 0.1) is 18.8 Å². The predicted molar refractivity (Wildman–Crippen MR) is 160 cm³/mol. The number of carbonyl (C=O) groups excluding carboxylic acids is 1. The normalized spacial score (nSPS) is 27.8. The minimum absolute atomic E-state index is 0.0189. The van der Waals surface area contributed by atoms with E-state index in [1.165, 1.54) is 53.1 Å². The first kappa shape index (κ1) is 27.8. The third-order valence-electron chi connectivity index (χ3n) is 8.40. The Morgan fingerprint density at radius 3 is 2.64 bits per heavy atom. The Kier molecular flexibility index (Phi) is 8.97. The molecule has 2 saturated heterocycles. The minimum atomic E-state index is 0.0189. The average molecular weight is 548 g/mol. The second kappa shape index (κ2) is 12.6.